The van der Waals surface area contributed by atoms with Crippen LogP contribution < -0.4 is 10.6 Å². The van der Waals surface area contributed by atoms with Crippen molar-refractivity contribution >= 4 is 23.3 Å². The van der Waals surface area contributed by atoms with E-state index >= 15 is 0 Å². The summed E-state index contributed by atoms with van der Waals surface area (Å²) in [5, 5.41) is 5.44. The maximum atomic E-state index is 12.6. The Morgan fingerprint density at radius 1 is 0.571 bits per heavy atom. The third-order valence-electron chi connectivity index (χ3n) is 3.51. The zero-order valence-electron chi connectivity index (χ0n) is 13.8. The molecular formula is C17H11F6N5. The Hall–Kier alpha value is -3.37. The molecule has 0 amide bonds. The monoisotopic (exact) mass is 399 g/mol. The fraction of sp³-hybridized carbons (Fsp3) is 0.118. The molecule has 0 aliphatic heterocycles. The van der Waals surface area contributed by atoms with Crippen LogP contribution in [0.25, 0.3) is 0 Å². The first-order chi connectivity index (χ1) is 13.1. The minimum Gasteiger partial charge on any atom is -0.324 e. The molecule has 3 rings (SSSR count). The molecule has 1 heterocycles. The van der Waals surface area contributed by atoms with Crippen LogP contribution in [0.1, 0.15) is 11.1 Å². The number of aromatic nitrogens is 3. The summed E-state index contributed by atoms with van der Waals surface area (Å²) in [5.41, 5.74) is -0.948. The van der Waals surface area contributed by atoms with Crippen LogP contribution in [0.3, 0.4) is 0 Å². The first-order valence-corrected chi connectivity index (χ1v) is 7.69. The summed E-state index contributed by atoms with van der Waals surface area (Å²) >= 11 is 0. The highest BCUT2D eigenvalue weighted by molar-refractivity contribution is 5.57. The van der Waals surface area contributed by atoms with Crippen molar-refractivity contribution < 1.29 is 26.3 Å². The quantitative estimate of drug-likeness (QED) is 0.576. The van der Waals surface area contributed by atoms with Crippen molar-refractivity contribution in [3.63, 3.8) is 0 Å². The molecule has 0 bridgehead atoms. The van der Waals surface area contributed by atoms with Crippen LogP contribution >= 0.6 is 0 Å². The number of rotatable bonds is 4. The van der Waals surface area contributed by atoms with Gasteiger partial charge in [0.05, 0.1) is 11.1 Å². The summed E-state index contributed by atoms with van der Waals surface area (Å²) in [6.07, 6.45) is -7.74. The van der Waals surface area contributed by atoms with Crippen molar-refractivity contribution in [3.8, 4) is 0 Å². The van der Waals surface area contributed by atoms with Gasteiger partial charge in [0, 0.05) is 11.4 Å². The first-order valence-electron chi connectivity index (χ1n) is 7.69. The standard InChI is InChI=1S/C17H11F6N5/c18-16(19,20)10-1-5-12(6-2-10)26-14-24-9-25-15(28-14)27-13-7-3-11(4-8-13)17(21,22)23/h1-9H,(H2,24,25,26,27,28). The number of halogens is 6. The van der Waals surface area contributed by atoms with Gasteiger partial charge in [-0.15, -0.1) is 0 Å². The summed E-state index contributed by atoms with van der Waals surface area (Å²) in [6, 6.07) is 8.50. The molecule has 0 aliphatic rings. The fourth-order valence-corrected chi connectivity index (χ4v) is 2.16. The summed E-state index contributed by atoms with van der Waals surface area (Å²) in [6.45, 7) is 0. The van der Waals surface area contributed by atoms with Gasteiger partial charge in [0.25, 0.3) is 0 Å². The number of hydrogen-bond acceptors (Lipinski definition) is 5. The normalized spacial score (nSPS) is 11.9. The van der Waals surface area contributed by atoms with Crippen molar-refractivity contribution in [1.29, 1.82) is 0 Å². The summed E-state index contributed by atoms with van der Waals surface area (Å²) in [7, 11) is 0. The molecule has 0 atom stereocenters. The topological polar surface area (TPSA) is 62.7 Å². The predicted octanol–water partition coefficient (Wildman–Crippen LogP) is 5.40. The molecule has 0 unspecified atom stereocenters. The molecule has 0 saturated heterocycles. The van der Waals surface area contributed by atoms with Crippen molar-refractivity contribution in [2.75, 3.05) is 10.6 Å². The second-order valence-electron chi connectivity index (χ2n) is 5.53. The fourth-order valence-electron chi connectivity index (χ4n) is 2.16. The molecule has 0 radical (unpaired) electrons. The lowest BCUT2D eigenvalue weighted by Gasteiger charge is -2.10. The number of nitrogens with one attached hydrogen (secondary N) is 2. The third-order valence-corrected chi connectivity index (χ3v) is 3.51. The van der Waals surface area contributed by atoms with E-state index in [-0.39, 0.29) is 11.9 Å². The van der Waals surface area contributed by atoms with Crippen molar-refractivity contribution in [1.82, 2.24) is 15.0 Å². The number of benzene rings is 2. The lowest BCUT2D eigenvalue weighted by molar-refractivity contribution is -0.138. The average molecular weight is 399 g/mol. The summed E-state index contributed by atoms with van der Waals surface area (Å²) < 4.78 is 75.4. The maximum absolute atomic E-state index is 12.6. The molecule has 5 nitrogen and oxygen atoms in total. The van der Waals surface area contributed by atoms with Crippen LogP contribution in [0, 0.1) is 0 Å². The number of hydrogen-bond donors (Lipinski definition) is 2. The van der Waals surface area contributed by atoms with Crippen LogP contribution in [0.4, 0.5) is 49.6 Å². The number of nitrogens with zero attached hydrogens (tertiary/aromatic N) is 3. The Kier molecular flexibility index (Phi) is 5.08. The highest BCUT2D eigenvalue weighted by atomic mass is 19.4. The second-order valence-corrected chi connectivity index (χ2v) is 5.53. The SMILES string of the molecule is FC(F)(F)c1ccc(Nc2ncnc(Nc3ccc(C(F)(F)F)cc3)n2)cc1. The highest BCUT2D eigenvalue weighted by Gasteiger charge is 2.30. The minimum absolute atomic E-state index is 0.0455. The van der Waals surface area contributed by atoms with E-state index in [9.17, 15) is 26.3 Å². The van der Waals surface area contributed by atoms with Crippen LogP contribution in [-0.2, 0) is 12.4 Å². The molecule has 2 N–H and O–H groups in total. The molecule has 0 fully saturated rings. The van der Waals surface area contributed by atoms with Crippen LogP contribution in [0.2, 0.25) is 0 Å². The van der Waals surface area contributed by atoms with Gasteiger partial charge in [0.1, 0.15) is 6.33 Å². The zero-order chi connectivity index (χ0) is 20.4. The molecule has 11 heteroatoms. The Morgan fingerprint density at radius 2 is 0.929 bits per heavy atom. The van der Waals surface area contributed by atoms with E-state index < -0.39 is 23.5 Å². The van der Waals surface area contributed by atoms with E-state index in [1.165, 1.54) is 24.3 Å². The van der Waals surface area contributed by atoms with Gasteiger partial charge in [-0.25, -0.2) is 9.97 Å². The lowest BCUT2D eigenvalue weighted by atomic mass is 10.2. The van der Waals surface area contributed by atoms with E-state index in [1.54, 1.807) is 0 Å². The van der Waals surface area contributed by atoms with E-state index in [0.29, 0.717) is 11.4 Å². The Bertz CT molecular complexity index is 861. The van der Waals surface area contributed by atoms with Gasteiger partial charge < -0.3 is 10.6 Å². The van der Waals surface area contributed by atoms with Crippen LogP contribution in [0.5, 0.6) is 0 Å². The van der Waals surface area contributed by atoms with E-state index in [2.05, 4.69) is 25.6 Å². The van der Waals surface area contributed by atoms with Gasteiger partial charge in [-0.1, -0.05) is 0 Å². The molecule has 0 spiro atoms. The number of alkyl halides is 6. The predicted molar refractivity (Wildman–Crippen MR) is 89.3 cm³/mol. The Morgan fingerprint density at radius 3 is 1.25 bits per heavy atom. The molecule has 0 saturated carbocycles. The summed E-state index contributed by atoms with van der Waals surface area (Å²) in [5.74, 6) is 0.0911. The van der Waals surface area contributed by atoms with E-state index in [1.807, 2.05) is 0 Å². The van der Waals surface area contributed by atoms with Gasteiger partial charge in [0.2, 0.25) is 11.9 Å². The first kappa shape index (κ1) is 19.4. The van der Waals surface area contributed by atoms with E-state index in [0.717, 1.165) is 30.6 Å². The largest absolute Gasteiger partial charge is 0.416 e. The molecule has 3 aromatic rings. The minimum atomic E-state index is -4.44. The van der Waals surface area contributed by atoms with Crippen molar-refractivity contribution in [2.45, 2.75) is 12.4 Å². The molecular weight excluding hydrogens is 388 g/mol. The van der Waals surface area contributed by atoms with Gasteiger partial charge in [0.15, 0.2) is 0 Å². The third kappa shape index (κ3) is 4.87. The second kappa shape index (κ2) is 7.33. The molecule has 146 valence electrons. The highest BCUT2D eigenvalue weighted by Crippen LogP contribution is 2.31. The maximum Gasteiger partial charge on any atom is 0.416 e. The van der Waals surface area contributed by atoms with Crippen LogP contribution in [0.15, 0.2) is 54.9 Å². The lowest BCUT2D eigenvalue weighted by Crippen LogP contribution is -2.06. The van der Waals surface area contributed by atoms with Gasteiger partial charge >= 0.3 is 12.4 Å². The smallest absolute Gasteiger partial charge is 0.324 e. The Balaban J connectivity index is 1.70. The van der Waals surface area contributed by atoms with Crippen molar-refractivity contribution in [2.24, 2.45) is 0 Å². The molecule has 28 heavy (non-hydrogen) atoms. The van der Waals surface area contributed by atoms with Crippen LogP contribution in [-0.4, -0.2) is 15.0 Å². The average Bonchev–Trinajstić information content (AvgIpc) is 2.61. The van der Waals surface area contributed by atoms with Gasteiger partial charge in [-0.05, 0) is 48.5 Å². The van der Waals surface area contributed by atoms with Gasteiger partial charge in [-0.3, -0.25) is 0 Å². The number of anilines is 4. The zero-order valence-corrected chi connectivity index (χ0v) is 13.8. The molecule has 1 aromatic heterocycles. The van der Waals surface area contributed by atoms with Crippen molar-refractivity contribution in [3.05, 3.63) is 66.0 Å². The molecule has 0 aliphatic carbocycles. The molecule has 2 aromatic carbocycles. The van der Waals surface area contributed by atoms with Gasteiger partial charge in [-0.2, -0.15) is 31.3 Å². The summed E-state index contributed by atoms with van der Waals surface area (Å²) in [4.78, 5) is 11.7. The van der Waals surface area contributed by atoms with E-state index in [4.69, 9.17) is 0 Å². The Labute approximate surface area is 154 Å².